The largest absolute Gasteiger partial charge is 0.350 e. The third kappa shape index (κ3) is 5.79. The van der Waals surface area contributed by atoms with Crippen LogP contribution < -0.4 is 16.0 Å². The van der Waals surface area contributed by atoms with Gasteiger partial charge in [0, 0.05) is 15.2 Å². The van der Waals surface area contributed by atoms with Gasteiger partial charge in [0.05, 0.1) is 11.3 Å². The van der Waals surface area contributed by atoms with Gasteiger partial charge in [-0.3, -0.25) is 14.9 Å². The molecule has 25 heavy (non-hydrogen) atoms. The summed E-state index contributed by atoms with van der Waals surface area (Å²) in [6, 6.07) is 14.2. The second-order valence-electron chi connectivity index (χ2n) is 5.59. The van der Waals surface area contributed by atoms with Gasteiger partial charge in [-0.05, 0) is 79.0 Å². The number of benzene rings is 2. The van der Waals surface area contributed by atoms with Crippen molar-refractivity contribution in [1.29, 1.82) is 0 Å². The number of carbonyl (C=O) groups is 2. The van der Waals surface area contributed by atoms with Crippen LogP contribution >= 0.6 is 34.8 Å². The minimum atomic E-state index is -0.305. The van der Waals surface area contributed by atoms with Crippen molar-refractivity contribution < 1.29 is 9.59 Å². The number of carbonyl (C=O) groups excluding carboxylic acids is 2. The summed E-state index contributed by atoms with van der Waals surface area (Å²) in [4.78, 5) is 24.5. The molecule has 0 saturated heterocycles. The fraction of sp³-hybridized carbons (Fsp3) is 0.167. The lowest BCUT2D eigenvalue weighted by Gasteiger charge is -2.14. The number of hydrogen-bond donors (Lipinski definition) is 3. The summed E-state index contributed by atoms with van der Waals surface area (Å²) in [5.74, 6) is -0.509. The predicted octanol–water partition coefficient (Wildman–Crippen LogP) is 3.56. The number of hydrogen-bond acceptors (Lipinski definition) is 3. The molecule has 0 saturated carbocycles. The first kappa shape index (κ1) is 19.3. The molecule has 0 bridgehead atoms. The van der Waals surface area contributed by atoms with E-state index in [1.807, 2.05) is 19.9 Å². The zero-order valence-corrected chi connectivity index (χ0v) is 16.8. The van der Waals surface area contributed by atoms with Gasteiger partial charge in [0.25, 0.3) is 11.8 Å². The average Bonchev–Trinajstić information content (AvgIpc) is 2.54. The maximum Gasteiger partial charge on any atom is 0.257 e. The van der Waals surface area contributed by atoms with E-state index in [0.29, 0.717) is 16.8 Å². The summed E-state index contributed by atoms with van der Waals surface area (Å²) in [6.45, 7) is 3.78. The van der Waals surface area contributed by atoms with E-state index in [1.165, 1.54) is 0 Å². The van der Waals surface area contributed by atoms with Crippen molar-refractivity contribution in [2.45, 2.75) is 19.9 Å². The number of halogens is 1. The van der Waals surface area contributed by atoms with Crippen LogP contribution in [0.5, 0.6) is 0 Å². The monoisotopic (exact) mass is 467 g/mol. The summed E-state index contributed by atoms with van der Waals surface area (Å²) in [5, 5.41) is 8.51. The zero-order chi connectivity index (χ0) is 18.4. The van der Waals surface area contributed by atoms with Crippen molar-refractivity contribution in [3.05, 3.63) is 63.2 Å². The van der Waals surface area contributed by atoms with Gasteiger partial charge in [0.1, 0.15) is 0 Å². The summed E-state index contributed by atoms with van der Waals surface area (Å²) >= 11 is 7.34. The lowest BCUT2D eigenvalue weighted by Crippen LogP contribution is -2.35. The van der Waals surface area contributed by atoms with E-state index in [1.54, 1.807) is 42.5 Å². The Morgan fingerprint density at radius 1 is 1.04 bits per heavy atom. The van der Waals surface area contributed by atoms with Gasteiger partial charge in [-0.2, -0.15) is 0 Å². The Morgan fingerprint density at radius 3 is 2.44 bits per heavy atom. The van der Waals surface area contributed by atoms with Crippen LogP contribution in [0, 0.1) is 3.57 Å². The molecule has 0 unspecified atom stereocenters. The lowest BCUT2D eigenvalue weighted by atomic mass is 10.1. The number of rotatable bonds is 4. The maximum atomic E-state index is 12.3. The molecule has 2 rings (SSSR count). The Kier molecular flexibility index (Phi) is 6.89. The van der Waals surface area contributed by atoms with Crippen LogP contribution in [0.2, 0.25) is 0 Å². The molecule has 2 amide bonds. The minimum Gasteiger partial charge on any atom is -0.350 e. The van der Waals surface area contributed by atoms with Gasteiger partial charge >= 0.3 is 0 Å². The van der Waals surface area contributed by atoms with E-state index in [9.17, 15) is 9.59 Å². The summed E-state index contributed by atoms with van der Waals surface area (Å²) in [6.07, 6.45) is 0. The first-order valence-corrected chi connectivity index (χ1v) is 9.13. The van der Waals surface area contributed by atoms with E-state index >= 15 is 0 Å². The van der Waals surface area contributed by atoms with Crippen LogP contribution in [-0.2, 0) is 0 Å². The third-order valence-electron chi connectivity index (χ3n) is 3.15. The number of para-hydroxylation sites is 1. The normalized spacial score (nSPS) is 10.2. The first-order chi connectivity index (χ1) is 11.9. The molecule has 0 aliphatic heterocycles. The number of nitrogens with one attached hydrogen (secondary N) is 3. The Bertz CT molecular complexity index is 808. The maximum absolute atomic E-state index is 12.3. The van der Waals surface area contributed by atoms with Crippen molar-refractivity contribution in [3.8, 4) is 0 Å². The number of amides is 2. The van der Waals surface area contributed by atoms with E-state index in [4.69, 9.17) is 12.2 Å². The molecular formula is C18H18IN3O2S. The van der Waals surface area contributed by atoms with Gasteiger partial charge in [0.15, 0.2) is 5.11 Å². The number of thiocarbonyl (C=S) groups is 1. The van der Waals surface area contributed by atoms with Crippen LogP contribution in [-0.4, -0.2) is 23.0 Å². The standard InChI is InChI=1S/C18H18IN3O2S/c1-11(2)20-17(24)14-8-3-4-9-15(14)21-18(25)22-16(23)12-6-5-7-13(19)10-12/h3-11H,1-2H3,(H,20,24)(H2,21,22,23,25). The van der Waals surface area contributed by atoms with Crippen LogP contribution in [0.25, 0.3) is 0 Å². The Morgan fingerprint density at radius 2 is 1.76 bits per heavy atom. The quantitative estimate of drug-likeness (QED) is 0.475. The van der Waals surface area contributed by atoms with Crippen molar-refractivity contribution in [2.75, 3.05) is 5.32 Å². The minimum absolute atomic E-state index is 0.0211. The highest BCUT2D eigenvalue weighted by atomic mass is 127. The number of anilines is 1. The molecule has 0 aliphatic rings. The van der Waals surface area contributed by atoms with Crippen molar-refractivity contribution in [1.82, 2.24) is 10.6 Å². The van der Waals surface area contributed by atoms with Crippen molar-refractivity contribution in [3.63, 3.8) is 0 Å². The van der Waals surface area contributed by atoms with Crippen LogP contribution in [0.15, 0.2) is 48.5 Å². The molecule has 0 radical (unpaired) electrons. The molecule has 7 heteroatoms. The second-order valence-corrected chi connectivity index (χ2v) is 7.25. The van der Waals surface area contributed by atoms with Crippen LogP contribution in [0.4, 0.5) is 5.69 Å². The zero-order valence-electron chi connectivity index (χ0n) is 13.8. The summed E-state index contributed by atoms with van der Waals surface area (Å²) in [5.41, 5.74) is 1.51. The molecule has 0 fully saturated rings. The van der Waals surface area contributed by atoms with Gasteiger partial charge in [-0.1, -0.05) is 18.2 Å². The molecule has 3 N–H and O–H groups in total. The Labute approximate surface area is 165 Å². The molecule has 2 aromatic carbocycles. The van der Waals surface area contributed by atoms with E-state index in [2.05, 4.69) is 38.5 Å². The van der Waals surface area contributed by atoms with Crippen molar-refractivity contribution >= 4 is 57.4 Å². The molecule has 0 heterocycles. The fourth-order valence-electron chi connectivity index (χ4n) is 2.09. The van der Waals surface area contributed by atoms with Gasteiger partial charge < -0.3 is 10.6 Å². The van der Waals surface area contributed by atoms with E-state index in [-0.39, 0.29) is 23.0 Å². The van der Waals surface area contributed by atoms with Crippen molar-refractivity contribution in [2.24, 2.45) is 0 Å². The molecule has 0 spiro atoms. The highest BCUT2D eigenvalue weighted by Crippen LogP contribution is 2.15. The molecule has 130 valence electrons. The predicted molar refractivity (Wildman–Crippen MR) is 112 cm³/mol. The van der Waals surface area contributed by atoms with E-state index in [0.717, 1.165) is 3.57 Å². The SMILES string of the molecule is CC(C)NC(=O)c1ccccc1NC(=S)NC(=O)c1cccc(I)c1. The average molecular weight is 467 g/mol. The molecular weight excluding hydrogens is 449 g/mol. The fourth-order valence-corrected chi connectivity index (χ4v) is 2.83. The summed E-state index contributed by atoms with van der Waals surface area (Å²) in [7, 11) is 0. The smallest absolute Gasteiger partial charge is 0.257 e. The van der Waals surface area contributed by atoms with Crippen LogP contribution in [0.3, 0.4) is 0 Å². The molecule has 5 nitrogen and oxygen atoms in total. The topological polar surface area (TPSA) is 70.2 Å². The van der Waals surface area contributed by atoms with E-state index < -0.39 is 0 Å². The highest BCUT2D eigenvalue weighted by molar-refractivity contribution is 14.1. The molecule has 0 atom stereocenters. The third-order valence-corrected chi connectivity index (χ3v) is 4.03. The van der Waals surface area contributed by atoms with Gasteiger partial charge in [-0.25, -0.2) is 0 Å². The molecule has 0 aliphatic carbocycles. The summed E-state index contributed by atoms with van der Waals surface area (Å²) < 4.78 is 0.958. The highest BCUT2D eigenvalue weighted by Gasteiger charge is 2.14. The Hall–Kier alpha value is -2.00. The van der Waals surface area contributed by atoms with Gasteiger partial charge in [0.2, 0.25) is 0 Å². The first-order valence-electron chi connectivity index (χ1n) is 7.64. The lowest BCUT2D eigenvalue weighted by molar-refractivity contribution is 0.0942. The van der Waals surface area contributed by atoms with Gasteiger partial charge in [-0.15, -0.1) is 0 Å². The molecule has 2 aromatic rings. The second kappa shape index (κ2) is 8.91. The Balaban J connectivity index is 2.08. The van der Waals surface area contributed by atoms with Crippen LogP contribution in [0.1, 0.15) is 34.6 Å². The molecule has 0 aromatic heterocycles.